The molecule has 1 atom stereocenters. The predicted octanol–water partition coefficient (Wildman–Crippen LogP) is 2.63. The molecule has 1 aliphatic rings. The minimum absolute atomic E-state index is 0. The molecular weight excluding hydrogens is 314 g/mol. The van der Waals surface area contributed by atoms with Gasteiger partial charge in [-0.2, -0.15) is 0 Å². The Balaban J connectivity index is 0.00000264. The standard InChI is InChI=1S/C17H27N3O2.ClH/c1-4-5-14-15(12(3)21)11(2)20-16(14)17(22)19-9-7-13-6-8-18-10-13;/h13,18,20H,4-10H2,1-3H3,(H,19,22);1H. The first-order valence-corrected chi connectivity index (χ1v) is 8.25. The molecule has 130 valence electrons. The predicted molar refractivity (Wildman–Crippen MR) is 94.7 cm³/mol. The average molecular weight is 342 g/mol. The lowest BCUT2D eigenvalue weighted by atomic mass is 10.0. The monoisotopic (exact) mass is 341 g/mol. The number of amides is 1. The Morgan fingerprint density at radius 1 is 1.35 bits per heavy atom. The first-order valence-electron chi connectivity index (χ1n) is 8.25. The van der Waals surface area contributed by atoms with E-state index in [0.29, 0.717) is 23.7 Å². The van der Waals surface area contributed by atoms with E-state index in [2.05, 4.69) is 22.5 Å². The van der Waals surface area contributed by atoms with Gasteiger partial charge in [0, 0.05) is 17.8 Å². The summed E-state index contributed by atoms with van der Waals surface area (Å²) in [5, 5.41) is 6.33. The molecular formula is C17H28ClN3O2. The lowest BCUT2D eigenvalue weighted by molar-refractivity contribution is 0.0946. The smallest absolute Gasteiger partial charge is 0.268 e. The quantitative estimate of drug-likeness (QED) is 0.667. The van der Waals surface area contributed by atoms with Gasteiger partial charge in [-0.05, 0) is 57.7 Å². The molecule has 1 aromatic heterocycles. The number of H-pyrrole nitrogens is 1. The molecule has 6 heteroatoms. The Bertz CT molecular complexity index is 548. The number of nitrogens with one attached hydrogen (secondary N) is 3. The van der Waals surface area contributed by atoms with Crippen molar-refractivity contribution in [2.45, 2.75) is 46.5 Å². The molecule has 5 nitrogen and oxygen atoms in total. The van der Waals surface area contributed by atoms with Gasteiger partial charge in [-0.3, -0.25) is 9.59 Å². The number of carbonyl (C=O) groups is 2. The van der Waals surface area contributed by atoms with Crippen molar-refractivity contribution < 1.29 is 9.59 Å². The summed E-state index contributed by atoms with van der Waals surface area (Å²) >= 11 is 0. The number of rotatable bonds is 7. The van der Waals surface area contributed by atoms with Gasteiger partial charge in [-0.15, -0.1) is 12.4 Å². The highest BCUT2D eigenvalue weighted by Gasteiger charge is 2.22. The van der Waals surface area contributed by atoms with Crippen LogP contribution in [0, 0.1) is 12.8 Å². The molecule has 1 saturated heterocycles. The van der Waals surface area contributed by atoms with Gasteiger partial charge in [0.05, 0.1) is 0 Å². The van der Waals surface area contributed by atoms with Crippen LogP contribution >= 0.6 is 12.4 Å². The summed E-state index contributed by atoms with van der Waals surface area (Å²) in [5.74, 6) is 0.590. The van der Waals surface area contributed by atoms with E-state index >= 15 is 0 Å². The van der Waals surface area contributed by atoms with E-state index in [1.54, 1.807) is 6.92 Å². The maximum absolute atomic E-state index is 12.4. The summed E-state index contributed by atoms with van der Waals surface area (Å²) in [4.78, 5) is 27.4. The minimum atomic E-state index is -0.0926. The molecule has 2 heterocycles. The van der Waals surface area contributed by atoms with Crippen molar-refractivity contribution in [3.8, 4) is 0 Å². The zero-order chi connectivity index (χ0) is 16.1. The van der Waals surface area contributed by atoms with Crippen LogP contribution < -0.4 is 10.6 Å². The van der Waals surface area contributed by atoms with Crippen LogP contribution in [-0.4, -0.2) is 36.3 Å². The number of aromatic amines is 1. The van der Waals surface area contributed by atoms with Crippen molar-refractivity contribution in [2.24, 2.45) is 5.92 Å². The van der Waals surface area contributed by atoms with Gasteiger partial charge < -0.3 is 15.6 Å². The number of Topliss-reactive ketones (excluding diaryl/α,β-unsaturated/α-hetero) is 1. The van der Waals surface area contributed by atoms with E-state index in [4.69, 9.17) is 0 Å². The fraction of sp³-hybridized carbons (Fsp3) is 0.647. The summed E-state index contributed by atoms with van der Waals surface area (Å²) < 4.78 is 0. The van der Waals surface area contributed by atoms with E-state index in [1.165, 1.54) is 6.42 Å². The van der Waals surface area contributed by atoms with Crippen LogP contribution in [0.15, 0.2) is 0 Å². The number of hydrogen-bond donors (Lipinski definition) is 3. The molecule has 0 bridgehead atoms. The van der Waals surface area contributed by atoms with Gasteiger partial charge in [0.15, 0.2) is 5.78 Å². The van der Waals surface area contributed by atoms with Crippen molar-refractivity contribution >= 4 is 24.1 Å². The average Bonchev–Trinajstić information content (AvgIpc) is 3.07. The number of ketones is 1. The maximum Gasteiger partial charge on any atom is 0.268 e. The van der Waals surface area contributed by atoms with Crippen molar-refractivity contribution in [3.63, 3.8) is 0 Å². The molecule has 0 aromatic carbocycles. The SMILES string of the molecule is CCCc1c(C(=O)NCCC2CCNC2)[nH]c(C)c1C(C)=O.Cl. The highest BCUT2D eigenvalue weighted by Crippen LogP contribution is 2.21. The third-order valence-corrected chi connectivity index (χ3v) is 4.37. The number of aromatic nitrogens is 1. The Kier molecular flexibility index (Phi) is 7.79. The fourth-order valence-electron chi connectivity index (χ4n) is 3.29. The normalized spacial score (nSPS) is 16.9. The van der Waals surface area contributed by atoms with E-state index < -0.39 is 0 Å². The Morgan fingerprint density at radius 2 is 2.09 bits per heavy atom. The molecule has 0 radical (unpaired) electrons. The highest BCUT2D eigenvalue weighted by molar-refractivity contribution is 6.02. The van der Waals surface area contributed by atoms with Crippen molar-refractivity contribution in [1.82, 2.24) is 15.6 Å². The molecule has 23 heavy (non-hydrogen) atoms. The Morgan fingerprint density at radius 3 is 2.65 bits per heavy atom. The second-order valence-electron chi connectivity index (χ2n) is 6.19. The number of halogens is 1. The van der Waals surface area contributed by atoms with Gasteiger partial charge in [0.1, 0.15) is 5.69 Å². The largest absolute Gasteiger partial charge is 0.354 e. The summed E-state index contributed by atoms with van der Waals surface area (Å²) in [6.07, 6.45) is 3.84. The van der Waals surface area contributed by atoms with Gasteiger partial charge in [-0.25, -0.2) is 0 Å². The first kappa shape index (κ1) is 19.7. The summed E-state index contributed by atoms with van der Waals surface area (Å²) in [7, 11) is 0. The minimum Gasteiger partial charge on any atom is -0.354 e. The molecule has 0 aliphatic carbocycles. The van der Waals surface area contributed by atoms with Crippen LogP contribution in [-0.2, 0) is 6.42 Å². The molecule has 3 N–H and O–H groups in total. The molecule has 1 aromatic rings. The fourth-order valence-corrected chi connectivity index (χ4v) is 3.29. The third kappa shape index (κ3) is 4.82. The van der Waals surface area contributed by atoms with Crippen LogP contribution in [0.25, 0.3) is 0 Å². The lowest BCUT2D eigenvalue weighted by Gasteiger charge is -2.10. The Labute approximate surface area is 144 Å². The Hall–Kier alpha value is -1.33. The molecule has 0 spiro atoms. The second kappa shape index (κ2) is 9.08. The van der Waals surface area contributed by atoms with Gasteiger partial charge in [0.25, 0.3) is 5.91 Å². The molecule has 1 aliphatic heterocycles. The van der Waals surface area contributed by atoms with Crippen LogP contribution in [0.1, 0.15) is 65.2 Å². The van der Waals surface area contributed by atoms with E-state index in [-0.39, 0.29) is 24.1 Å². The summed E-state index contributed by atoms with van der Waals surface area (Å²) in [5.41, 5.74) is 2.91. The van der Waals surface area contributed by atoms with E-state index in [9.17, 15) is 9.59 Å². The van der Waals surface area contributed by atoms with Crippen LogP contribution in [0.5, 0.6) is 0 Å². The maximum atomic E-state index is 12.4. The molecule has 2 rings (SSSR count). The number of hydrogen-bond acceptors (Lipinski definition) is 3. The zero-order valence-corrected chi connectivity index (χ0v) is 15.1. The van der Waals surface area contributed by atoms with Crippen LogP contribution in [0.3, 0.4) is 0 Å². The van der Waals surface area contributed by atoms with Crippen LogP contribution in [0.4, 0.5) is 0 Å². The molecule has 1 unspecified atom stereocenters. The van der Waals surface area contributed by atoms with Crippen molar-refractivity contribution in [2.75, 3.05) is 19.6 Å². The van der Waals surface area contributed by atoms with Crippen LogP contribution in [0.2, 0.25) is 0 Å². The molecule has 0 saturated carbocycles. The third-order valence-electron chi connectivity index (χ3n) is 4.37. The van der Waals surface area contributed by atoms with Gasteiger partial charge in [0.2, 0.25) is 0 Å². The van der Waals surface area contributed by atoms with Crippen molar-refractivity contribution in [1.29, 1.82) is 0 Å². The number of carbonyl (C=O) groups excluding carboxylic acids is 2. The summed E-state index contributed by atoms with van der Waals surface area (Å²) in [6, 6.07) is 0. The van der Waals surface area contributed by atoms with Gasteiger partial charge >= 0.3 is 0 Å². The van der Waals surface area contributed by atoms with E-state index in [0.717, 1.165) is 43.6 Å². The zero-order valence-electron chi connectivity index (χ0n) is 14.3. The van der Waals surface area contributed by atoms with Crippen molar-refractivity contribution in [3.05, 3.63) is 22.5 Å². The lowest BCUT2D eigenvalue weighted by Crippen LogP contribution is -2.27. The first-order chi connectivity index (χ1) is 10.5. The summed E-state index contributed by atoms with van der Waals surface area (Å²) in [6.45, 7) is 8.29. The highest BCUT2D eigenvalue weighted by atomic mass is 35.5. The molecule has 1 fully saturated rings. The molecule has 1 amide bonds. The second-order valence-corrected chi connectivity index (χ2v) is 6.19. The topological polar surface area (TPSA) is 74.0 Å². The number of aryl methyl sites for hydroxylation is 1. The van der Waals surface area contributed by atoms with Gasteiger partial charge in [-0.1, -0.05) is 13.3 Å². The van der Waals surface area contributed by atoms with E-state index in [1.807, 2.05) is 6.92 Å².